The molecule has 0 aliphatic heterocycles. The lowest BCUT2D eigenvalue weighted by Gasteiger charge is -2.33. The molecule has 3 nitrogen and oxygen atoms in total. The van der Waals surface area contributed by atoms with Crippen LogP contribution in [0.5, 0.6) is 5.75 Å². The van der Waals surface area contributed by atoms with Crippen molar-refractivity contribution < 1.29 is 9.53 Å². The Morgan fingerprint density at radius 2 is 1.90 bits per heavy atom. The Kier molecular flexibility index (Phi) is 5.27. The molecule has 0 N–H and O–H groups in total. The van der Waals surface area contributed by atoms with E-state index in [0.717, 1.165) is 24.2 Å². The first-order valence-electron chi connectivity index (χ1n) is 8.00. The van der Waals surface area contributed by atoms with Gasteiger partial charge in [-0.15, -0.1) is 0 Å². The van der Waals surface area contributed by atoms with Crippen LogP contribution in [0.2, 0.25) is 0 Å². The monoisotopic (exact) mass is 289 g/mol. The summed E-state index contributed by atoms with van der Waals surface area (Å²) < 4.78 is 5.91. The SMILES string of the molecule is Cc1cccc(O[C@@H](C)C(=O)N(C)C2CCCCC2)c1C. The summed E-state index contributed by atoms with van der Waals surface area (Å²) in [5.74, 6) is 0.899. The minimum atomic E-state index is -0.433. The topological polar surface area (TPSA) is 29.5 Å². The van der Waals surface area contributed by atoms with Crippen LogP contribution in [-0.2, 0) is 4.79 Å². The van der Waals surface area contributed by atoms with Gasteiger partial charge in [-0.25, -0.2) is 0 Å². The van der Waals surface area contributed by atoms with E-state index in [9.17, 15) is 4.79 Å². The van der Waals surface area contributed by atoms with E-state index < -0.39 is 6.10 Å². The van der Waals surface area contributed by atoms with Gasteiger partial charge in [0.05, 0.1) is 0 Å². The Balaban J connectivity index is 2.00. The Bertz CT molecular complexity index is 492. The van der Waals surface area contributed by atoms with Gasteiger partial charge in [0.15, 0.2) is 6.10 Å². The van der Waals surface area contributed by atoms with Crippen molar-refractivity contribution in [1.29, 1.82) is 0 Å². The van der Waals surface area contributed by atoms with Crippen LogP contribution < -0.4 is 4.74 Å². The molecule has 3 heteroatoms. The van der Waals surface area contributed by atoms with Gasteiger partial charge in [0.2, 0.25) is 0 Å². The average Bonchev–Trinajstić information content (AvgIpc) is 2.51. The summed E-state index contributed by atoms with van der Waals surface area (Å²) in [6.45, 7) is 5.94. The van der Waals surface area contributed by atoms with Crippen molar-refractivity contribution in [2.45, 2.75) is 65.0 Å². The number of amides is 1. The summed E-state index contributed by atoms with van der Waals surface area (Å²) >= 11 is 0. The molecule has 1 aliphatic rings. The quantitative estimate of drug-likeness (QED) is 0.842. The second-order valence-corrected chi connectivity index (χ2v) is 6.20. The number of likely N-dealkylation sites (N-methyl/N-ethyl adjacent to an activating group) is 1. The van der Waals surface area contributed by atoms with Crippen LogP contribution in [0.3, 0.4) is 0 Å². The first-order chi connectivity index (χ1) is 10.0. The smallest absolute Gasteiger partial charge is 0.263 e. The number of benzene rings is 1. The van der Waals surface area contributed by atoms with Gasteiger partial charge in [-0.1, -0.05) is 31.4 Å². The fourth-order valence-corrected chi connectivity index (χ4v) is 3.03. The van der Waals surface area contributed by atoms with Crippen molar-refractivity contribution in [3.8, 4) is 5.75 Å². The standard InChI is InChI=1S/C18H27NO2/c1-13-9-8-12-17(14(13)2)21-15(3)18(20)19(4)16-10-6-5-7-11-16/h8-9,12,15-16H,5-7,10-11H2,1-4H3/t15-/m0/s1. The zero-order valence-electron chi connectivity index (χ0n) is 13.7. The number of carbonyl (C=O) groups excluding carboxylic acids is 1. The van der Waals surface area contributed by atoms with Crippen LogP contribution in [0.1, 0.15) is 50.2 Å². The van der Waals surface area contributed by atoms with E-state index in [2.05, 4.69) is 13.0 Å². The highest BCUT2D eigenvalue weighted by Gasteiger charge is 2.26. The first-order valence-corrected chi connectivity index (χ1v) is 8.00. The third-order valence-electron chi connectivity index (χ3n) is 4.68. The second kappa shape index (κ2) is 6.97. The first kappa shape index (κ1) is 15.9. The summed E-state index contributed by atoms with van der Waals surface area (Å²) in [6.07, 6.45) is 5.57. The fourth-order valence-electron chi connectivity index (χ4n) is 3.03. The molecule has 1 aromatic carbocycles. The molecule has 1 amide bonds. The van der Waals surface area contributed by atoms with Crippen LogP contribution in [-0.4, -0.2) is 30.0 Å². The predicted octanol–water partition coefficient (Wildman–Crippen LogP) is 3.86. The molecule has 116 valence electrons. The van der Waals surface area contributed by atoms with Gasteiger partial charge in [0, 0.05) is 13.1 Å². The van der Waals surface area contributed by atoms with Gasteiger partial charge in [-0.05, 0) is 50.8 Å². The van der Waals surface area contributed by atoms with Crippen LogP contribution in [0.4, 0.5) is 0 Å². The Morgan fingerprint density at radius 3 is 2.57 bits per heavy atom. The van der Waals surface area contributed by atoms with E-state index in [1.165, 1.54) is 24.8 Å². The normalized spacial score (nSPS) is 17.3. The van der Waals surface area contributed by atoms with Crippen molar-refractivity contribution in [3.05, 3.63) is 29.3 Å². The summed E-state index contributed by atoms with van der Waals surface area (Å²) in [5.41, 5.74) is 2.30. The molecule has 0 radical (unpaired) electrons. The van der Waals surface area contributed by atoms with Crippen molar-refractivity contribution in [3.63, 3.8) is 0 Å². The molecular formula is C18H27NO2. The molecule has 0 heterocycles. The minimum absolute atomic E-state index is 0.0859. The van der Waals surface area contributed by atoms with Gasteiger partial charge in [-0.2, -0.15) is 0 Å². The van der Waals surface area contributed by atoms with Crippen molar-refractivity contribution >= 4 is 5.91 Å². The summed E-state index contributed by atoms with van der Waals surface area (Å²) in [6, 6.07) is 6.35. The molecule has 0 saturated heterocycles. The number of hydrogen-bond acceptors (Lipinski definition) is 2. The molecule has 21 heavy (non-hydrogen) atoms. The second-order valence-electron chi connectivity index (χ2n) is 6.20. The van der Waals surface area contributed by atoms with Crippen molar-refractivity contribution in [2.75, 3.05) is 7.05 Å². The van der Waals surface area contributed by atoms with E-state index in [1.54, 1.807) is 0 Å². The van der Waals surface area contributed by atoms with Crippen LogP contribution >= 0.6 is 0 Å². The minimum Gasteiger partial charge on any atom is -0.481 e. The lowest BCUT2D eigenvalue weighted by Crippen LogP contribution is -2.44. The van der Waals surface area contributed by atoms with Crippen LogP contribution in [0.25, 0.3) is 0 Å². The molecule has 0 aromatic heterocycles. The summed E-state index contributed by atoms with van der Waals surface area (Å²) in [5, 5.41) is 0. The lowest BCUT2D eigenvalue weighted by molar-refractivity contribution is -0.139. The van der Waals surface area contributed by atoms with E-state index in [0.29, 0.717) is 6.04 Å². The van der Waals surface area contributed by atoms with Gasteiger partial charge >= 0.3 is 0 Å². The largest absolute Gasteiger partial charge is 0.481 e. The number of aryl methyl sites for hydroxylation is 1. The maximum Gasteiger partial charge on any atom is 0.263 e. The number of ether oxygens (including phenoxy) is 1. The highest BCUT2D eigenvalue weighted by atomic mass is 16.5. The zero-order valence-corrected chi connectivity index (χ0v) is 13.7. The van der Waals surface area contributed by atoms with Gasteiger partial charge in [-0.3, -0.25) is 4.79 Å². The molecule has 0 bridgehead atoms. The number of carbonyl (C=O) groups is 1. The molecular weight excluding hydrogens is 262 g/mol. The molecule has 1 fully saturated rings. The van der Waals surface area contributed by atoms with E-state index >= 15 is 0 Å². The number of hydrogen-bond donors (Lipinski definition) is 0. The van der Waals surface area contributed by atoms with Crippen LogP contribution in [0.15, 0.2) is 18.2 Å². The lowest BCUT2D eigenvalue weighted by atomic mass is 9.94. The van der Waals surface area contributed by atoms with E-state index in [4.69, 9.17) is 4.74 Å². The predicted molar refractivity (Wildman–Crippen MR) is 85.6 cm³/mol. The summed E-state index contributed by atoms with van der Waals surface area (Å²) in [7, 11) is 1.92. The average molecular weight is 289 g/mol. The molecule has 1 aliphatic carbocycles. The Labute approximate surface area is 128 Å². The third-order valence-corrected chi connectivity index (χ3v) is 4.68. The maximum absolute atomic E-state index is 12.5. The van der Waals surface area contributed by atoms with Gasteiger partial charge < -0.3 is 9.64 Å². The highest BCUT2D eigenvalue weighted by Crippen LogP contribution is 2.24. The van der Waals surface area contributed by atoms with Crippen molar-refractivity contribution in [1.82, 2.24) is 4.90 Å². The maximum atomic E-state index is 12.5. The summed E-state index contributed by atoms with van der Waals surface area (Å²) in [4.78, 5) is 14.4. The number of nitrogens with zero attached hydrogens (tertiary/aromatic N) is 1. The van der Waals surface area contributed by atoms with Crippen LogP contribution in [0, 0.1) is 13.8 Å². The molecule has 0 spiro atoms. The van der Waals surface area contributed by atoms with E-state index in [1.807, 2.05) is 37.9 Å². The molecule has 0 unspecified atom stereocenters. The van der Waals surface area contributed by atoms with Gasteiger partial charge in [0.25, 0.3) is 5.91 Å². The fraction of sp³-hybridized carbons (Fsp3) is 0.611. The third kappa shape index (κ3) is 3.78. The molecule has 2 rings (SSSR count). The zero-order chi connectivity index (χ0) is 15.4. The molecule has 1 atom stereocenters. The highest BCUT2D eigenvalue weighted by molar-refractivity contribution is 5.81. The Morgan fingerprint density at radius 1 is 1.24 bits per heavy atom. The molecule has 1 saturated carbocycles. The molecule has 1 aromatic rings. The number of rotatable bonds is 4. The van der Waals surface area contributed by atoms with E-state index in [-0.39, 0.29) is 5.91 Å². The van der Waals surface area contributed by atoms with Crippen molar-refractivity contribution in [2.24, 2.45) is 0 Å². The van der Waals surface area contributed by atoms with Gasteiger partial charge in [0.1, 0.15) is 5.75 Å². The Hall–Kier alpha value is -1.51.